The summed E-state index contributed by atoms with van der Waals surface area (Å²) < 4.78 is 0. The number of nitrogens with zero attached hydrogens (tertiary/aromatic N) is 3. The molecule has 4 rings (SSSR count). The van der Waals surface area contributed by atoms with Gasteiger partial charge in [-0.3, -0.25) is 9.78 Å². The SMILES string of the molecule is CN1CCN(c2ccc(NC(=O)c3cncc(Nc4ccccc4)c3)cc2)CC1. The average molecular weight is 387 g/mol. The highest BCUT2D eigenvalue weighted by molar-refractivity contribution is 6.04. The number of rotatable bonds is 5. The number of para-hydroxylation sites is 1. The molecule has 6 heteroatoms. The number of hydrogen-bond acceptors (Lipinski definition) is 5. The third-order valence-electron chi connectivity index (χ3n) is 5.06. The van der Waals surface area contributed by atoms with E-state index in [1.54, 1.807) is 18.5 Å². The van der Waals surface area contributed by atoms with Crippen LogP contribution in [0.3, 0.4) is 0 Å². The summed E-state index contributed by atoms with van der Waals surface area (Å²) in [7, 11) is 2.15. The molecular formula is C23H25N5O. The number of aromatic nitrogens is 1. The second kappa shape index (κ2) is 8.75. The van der Waals surface area contributed by atoms with Gasteiger partial charge >= 0.3 is 0 Å². The van der Waals surface area contributed by atoms with Gasteiger partial charge < -0.3 is 20.4 Å². The first kappa shape index (κ1) is 19.0. The van der Waals surface area contributed by atoms with E-state index in [9.17, 15) is 4.79 Å². The quantitative estimate of drug-likeness (QED) is 0.697. The van der Waals surface area contributed by atoms with E-state index in [4.69, 9.17) is 0 Å². The lowest BCUT2D eigenvalue weighted by molar-refractivity contribution is 0.102. The van der Waals surface area contributed by atoms with Crippen LogP contribution in [0.2, 0.25) is 0 Å². The highest BCUT2D eigenvalue weighted by Gasteiger charge is 2.14. The Balaban J connectivity index is 1.39. The minimum Gasteiger partial charge on any atom is -0.369 e. The van der Waals surface area contributed by atoms with Gasteiger partial charge in [-0.05, 0) is 49.5 Å². The van der Waals surface area contributed by atoms with Gasteiger partial charge in [0.05, 0.1) is 17.4 Å². The molecule has 6 nitrogen and oxygen atoms in total. The van der Waals surface area contributed by atoms with Crippen LogP contribution in [0, 0.1) is 0 Å². The number of carbonyl (C=O) groups excluding carboxylic acids is 1. The number of likely N-dealkylation sites (N-methyl/N-ethyl adjacent to an activating group) is 1. The van der Waals surface area contributed by atoms with Gasteiger partial charge in [-0.2, -0.15) is 0 Å². The molecule has 2 heterocycles. The van der Waals surface area contributed by atoms with Crippen molar-refractivity contribution in [2.45, 2.75) is 0 Å². The predicted molar refractivity (Wildman–Crippen MR) is 118 cm³/mol. The lowest BCUT2D eigenvalue weighted by atomic mass is 10.2. The van der Waals surface area contributed by atoms with Crippen molar-refractivity contribution in [2.75, 3.05) is 48.8 Å². The number of pyridine rings is 1. The monoisotopic (exact) mass is 387 g/mol. The van der Waals surface area contributed by atoms with Crippen LogP contribution >= 0.6 is 0 Å². The third kappa shape index (κ3) is 4.92. The summed E-state index contributed by atoms with van der Waals surface area (Å²) in [5.74, 6) is -0.179. The maximum absolute atomic E-state index is 12.6. The lowest BCUT2D eigenvalue weighted by Crippen LogP contribution is -2.44. The van der Waals surface area contributed by atoms with Gasteiger partial charge in [-0.15, -0.1) is 0 Å². The smallest absolute Gasteiger partial charge is 0.257 e. The molecule has 148 valence electrons. The highest BCUT2D eigenvalue weighted by atomic mass is 16.1. The number of piperazine rings is 1. The zero-order valence-corrected chi connectivity index (χ0v) is 16.5. The van der Waals surface area contributed by atoms with E-state index in [1.807, 2.05) is 42.5 Å². The zero-order valence-electron chi connectivity index (χ0n) is 16.5. The van der Waals surface area contributed by atoms with Crippen LogP contribution < -0.4 is 15.5 Å². The van der Waals surface area contributed by atoms with Crippen LogP contribution in [0.4, 0.5) is 22.7 Å². The Morgan fingerprint density at radius 3 is 2.31 bits per heavy atom. The van der Waals surface area contributed by atoms with Crippen molar-refractivity contribution in [3.05, 3.63) is 78.6 Å². The summed E-state index contributed by atoms with van der Waals surface area (Å²) in [6.07, 6.45) is 3.28. The fourth-order valence-corrected chi connectivity index (χ4v) is 3.34. The summed E-state index contributed by atoms with van der Waals surface area (Å²) in [6, 6.07) is 19.6. The fourth-order valence-electron chi connectivity index (χ4n) is 3.34. The molecule has 1 amide bonds. The van der Waals surface area contributed by atoms with Crippen molar-refractivity contribution in [1.82, 2.24) is 9.88 Å². The molecule has 1 aromatic heterocycles. The van der Waals surface area contributed by atoms with Crippen molar-refractivity contribution >= 4 is 28.7 Å². The van der Waals surface area contributed by atoms with E-state index in [1.165, 1.54) is 5.69 Å². The van der Waals surface area contributed by atoms with Gasteiger partial charge in [0.25, 0.3) is 5.91 Å². The van der Waals surface area contributed by atoms with E-state index in [2.05, 4.69) is 44.6 Å². The molecular weight excluding hydrogens is 362 g/mol. The first-order valence-corrected chi connectivity index (χ1v) is 9.79. The number of amides is 1. The van der Waals surface area contributed by atoms with E-state index < -0.39 is 0 Å². The standard InChI is InChI=1S/C23H25N5O/c1-27-11-13-28(14-12-27)22-9-7-20(8-10-22)26-23(29)18-15-21(17-24-16-18)25-19-5-3-2-4-6-19/h2-10,15-17,25H,11-14H2,1H3,(H,26,29). The van der Waals surface area contributed by atoms with Crippen LogP contribution in [0.1, 0.15) is 10.4 Å². The van der Waals surface area contributed by atoms with Gasteiger partial charge in [0, 0.05) is 49.4 Å². The predicted octanol–water partition coefficient (Wildman–Crippen LogP) is 3.83. The highest BCUT2D eigenvalue weighted by Crippen LogP contribution is 2.21. The van der Waals surface area contributed by atoms with Crippen molar-refractivity contribution in [3.8, 4) is 0 Å². The topological polar surface area (TPSA) is 60.5 Å². The first-order valence-electron chi connectivity index (χ1n) is 9.79. The molecule has 2 N–H and O–H groups in total. The molecule has 0 spiro atoms. The maximum atomic E-state index is 12.6. The second-order valence-corrected chi connectivity index (χ2v) is 7.24. The summed E-state index contributed by atoms with van der Waals surface area (Å²) in [6.45, 7) is 4.18. The summed E-state index contributed by atoms with van der Waals surface area (Å²) in [4.78, 5) is 21.5. The Hall–Kier alpha value is -3.38. The molecule has 3 aromatic rings. The van der Waals surface area contributed by atoms with E-state index >= 15 is 0 Å². The molecule has 0 bridgehead atoms. The van der Waals surface area contributed by atoms with Crippen LogP contribution in [0.15, 0.2) is 73.1 Å². The van der Waals surface area contributed by atoms with Gasteiger partial charge in [-0.25, -0.2) is 0 Å². The Labute approximate surface area is 171 Å². The number of anilines is 4. The molecule has 1 fully saturated rings. The average Bonchev–Trinajstić information content (AvgIpc) is 2.76. The van der Waals surface area contributed by atoms with Gasteiger partial charge in [0.2, 0.25) is 0 Å². The number of hydrogen-bond donors (Lipinski definition) is 2. The van der Waals surface area contributed by atoms with Gasteiger partial charge in [-0.1, -0.05) is 18.2 Å². The summed E-state index contributed by atoms with van der Waals surface area (Å²) in [5, 5.41) is 6.21. The molecule has 0 radical (unpaired) electrons. The van der Waals surface area contributed by atoms with Crippen molar-refractivity contribution < 1.29 is 4.79 Å². The largest absolute Gasteiger partial charge is 0.369 e. The molecule has 0 unspecified atom stereocenters. The van der Waals surface area contributed by atoms with Gasteiger partial charge in [0.15, 0.2) is 0 Å². The van der Waals surface area contributed by atoms with E-state index in [0.29, 0.717) is 5.56 Å². The molecule has 0 aliphatic carbocycles. The fraction of sp³-hybridized carbons (Fsp3) is 0.217. The van der Waals surface area contributed by atoms with E-state index in [-0.39, 0.29) is 5.91 Å². The second-order valence-electron chi connectivity index (χ2n) is 7.24. The normalized spacial score (nSPS) is 14.4. The maximum Gasteiger partial charge on any atom is 0.257 e. The Kier molecular flexibility index (Phi) is 5.72. The first-order chi connectivity index (χ1) is 14.2. The van der Waals surface area contributed by atoms with Crippen molar-refractivity contribution in [3.63, 3.8) is 0 Å². The van der Waals surface area contributed by atoms with Crippen molar-refractivity contribution in [2.24, 2.45) is 0 Å². The Morgan fingerprint density at radius 1 is 0.862 bits per heavy atom. The number of benzene rings is 2. The molecule has 0 saturated carbocycles. The zero-order chi connectivity index (χ0) is 20.1. The molecule has 0 atom stereocenters. The molecule has 29 heavy (non-hydrogen) atoms. The number of carbonyl (C=O) groups is 1. The van der Waals surface area contributed by atoms with Crippen LogP contribution in [0.5, 0.6) is 0 Å². The Morgan fingerprint density at radius 2 is 1.59 bits per heavy atom. The molecule has 1 aliphatic heterocycles. The molecule has 1 saturated heterocycles. The van der Waals surface area contributed by atoms with Crippen LogP contribution in [-0.2, 0) is 0 Å². The molecule has 1 aliphatic rings. The Bertz CT molecular complexity index is 951. The molecule has 2 aromatic carbocycles. The summed E-state index contributed by atoms with van der Waals surface area (Å²) >= 11 is 0. The van der Waals surface area contributed by atoms with Crippen LogP contribution in [-0.4, -0.2) is 49.0 Å². The number of nitrogens with one attached hydrogen (secondary N) is 2. The van der Waals surface area contributed by atoms with E-state index in [0.717, 1.165) is 43.2 Å². The minimum atomic E-state index is -0.179. The van der Waals surface area contributed by atoms with Crippen LogP contribution in [0.25, 0.3) is 0 Å². The summed E-state index contributed by atoms with van der Waals surface area (Å²) in [5.41, 5.74) is 4.19. The minimum absolute atomic E-state index is 0.179. The third-order valence-corrected chi connectivity index (χ3v) is 5.06. The van der Waals surface area contributed by atoms with Gasteiger partial charge in [0.1, 0.15) is 0 Å². The lowest BCUT2D eigenvalue weighted by Gasteiger charge is -2.34. The van der Waals surface area contributed by atoms with Crippen molar-refractivity contribution in [1.29, 1.82) is 0 Å².